The van der Waals surface area contributed by atoms with E-state index < -0.39 is 9.84 Å². The standard InChI is InChI=1S/C7H6ClN3O3S/c1-15(12,13)7-10-4-5(6(8)11-7)14-3-2-9/h4H,3H2,1H3. The van der Waals surface area contributed by atoms with E-state index in [0.29, 0.717) is 0 Å². The average molecular weight is 248 g/mol. The molecule has 15 heavy (non-hydrogen) atoms. The number of aromatic nitrogens is 2. The Morgan fingerprint density at radius 3 is 2.80 bits per heavy atom. The maximum atomic E-state index is 11.0. The third-order valence-electron chi connectivity index (χ3n) is 1.31. The lowest BCUT2D eigenvalue weighted by molar-refractivity contribution is 0.363. The van der Waals surface area contributed by atoms with Gasteiger partial charge in [0.15, 0.2) is 17.5 Å². The highest BCUT2D eigenvalue weighted by molar-refractivity contribution is 7.90. The minimum Gasteiger partial charge on any atom is -0.474 e. The van der Waals surface area contributed by atoms with E-state index in [2.05, 4.69) is 9.97 Å². The van der Waals surface area contributed by atoms with Crippen molar-refractivity contribution in [3.05, 3.63) is 11.3 Å². The van der Waals surface area contributed by atoms with Crippen LogP contribution < -0.4 is 4.74 Å². The first-order valence-corrected chi connectivity index (χ1v) is 5.94. The van der Waals surface area contributed by atoms with E-state index in [1.165, 1.54) is 0 Å². The predicted molar refractivity (Wildman–Crippen MR) is 51.3 cm³/mol. The van der Waals surface area contributed by atoms with Crippen molar-refractivity contribution in [2.45, 2.75) is 5.16 Å². The molecular formula is C7H6ClN3O3S. The fraction of sp³-hybridized carbons (Fsp3) is 0.286. The van der Waals surface area contributed by atoms with Crippen molar-refractivity contribution in [1.29, 1.82) is 5.26 Å². The Labute approximate surface area is 91.4 Å². The monoisotopic (exact) mass is 247 g/mol. The molecule has 0 bridgehead atoms. The topological polar surface area (TPSA) is 92.9 Å². The molecule has 0 amide bonds. The summed E-state index contributed by atoms with van der Waals surface area (Å²) in [5.41, 5.74) is 0. The molecule has 0 spiro atoms. The summed E-state index contributed by atoms with van der Waals surface area (Å²) >= 11 is 5.62. The van der Waals surface area contributed by atoms with Crippen molar-refractivity contribution in [3.63, 3.8) is 0 Å². The van der Waals surface area contributed by atoms with Crippen LogP contribution in [0.15, 0.2) is 11.4 Å². The maximum Gasteiger partial charge on any atom is 0.248 e. The van der Waals surface area contributed by atoms with Gasteiger partial charge in [-0.05, 0) is 0 Å². The smallest absolute Gasteiger partial charge is 0.248 e. The van der Waals surface area contributed by atoms with Crippen LogP contribution >= 0.6 is 11.6 Å². The second-order valence-corrected chi connectivity index (χ2v) is 4.79. The summed E-state index contributed by atoms with van der Waals surface area (Å²) in [6.07, 6.45) is 2.08. The largest absolute Gasteiger partial charge is 0.474 e. The van der Waals surface area contributed by atoms with Gasteiger partial charge >= 0.3 is 0 Å². The van der Waals surface area contributed by atoms with Crippen LogP contribution in [0, 0.1) is 11.3 Å². The molecule has 1 aromatic rings. The van der Waals surface area contributed by atoms with Crippen LogP contribution in [-0.4, -0.2) is 31.2 Å². The summed E-state index contributed by atoms with van der Waals surface area (Å²) in [5, 5.41) is 7.73. The zero-order valence-electron chi connectivity index (χ0n) is 7.64. The Balaban J connectivity index is 3.05. The van der Waals surface area contributed by atoms with Crippen LogP contribution in [0.2, 0.25) is 5.15 Å². The second-order valence-electron chi connectivity index (χ2n) is 2.53. The van der Waals surface area contributed by atoms with E-state index in [1.807, 2.05) is 0 Å². The molecule has 0 saturated heterocycles. The summed E-state index contributed by atoms with van der Waals surface area (Å²) in [5.74, 6) is 0.0746. The zero-order chi connectivity index (χ0) is 11.5. The zero-order valence-corrected chi connectivity index (χ0v) is 9.21. The minimum absolute atomic E-state index is 0.0746. The molecule has 0 unspecified atom stereocenters. The molecule has 0 atom stereocenters. The van der Waals surface area contributed by atoms with Crippen molar-refractivity contribution >= 4 is 21.4 Å². The lowest BCUT2D eigenvalue weighted by Crippen LogP contribution is -2.05. The van der Waals surface area contributed by atoms with Gasteiger partial charge in [-0.1, -0.05) is 11.6 Å². The molecule has 0 aliphatic carbocycles. The van der Waals surface area contributed by atoms with Gasteiger partial charge in [0.2, 0.25) is 15.0 Å². The van der Waals surface area contributed by atoms with Crippen LogP contribution in [0.3, 0.4) is 0 Å². The molecule has 1 aromatic heterocycles. The molecule has 0 aliphatic heterocycles. The minimum atomic E-state index is -3.49. The molecule has 1 rings (SSSR count). The van der Waals surface area contributed by atoms with Crippen LogP contribution in [0.25, 0.3) is 0 Å². The molecule has 6 nitrogen and oxygen atoms in total. The summed E-state index contributed by atoms with van der Waals surface area (Å²) in [6.45, 7) is -0.207. The van der Waals surface area contributed by atoms with Gasteiger partial charge in [0.25, 0.3) is 0 Å². The number of halogens is 1. The average Bonchev–Trinajstić information content (AvgIpc) is 2.14. The van der Waals surface area contributed by atoms with Gasteiger partial charge in [-0.2, -0.15) is 5.26 Å². The number of hydrogen-bond donors (Lipinski definition) is 0. The highest BCUT2D eigenvalue weighted by atomic mass is 35.5. The fourth-order valence-corrected chi connectivity index (χ4v) is 1.46. The van der Waals surface area contributed by atoms with E-state index in [1.54, 1.807) is 6.07 Å². The molecule has 0 radical (unpaired) electrons. The first-order chi connectivity index (χ1) is 6.95. The Morgan fingerprint density at radius 1 is 1.67 bits per heavy atom. The Hall–Kier alpha value is -1.39. The number of sulfone groups is 1. The molecule has 0 aromatic carbocycles. The highest BCUT2D eigenvalue weighted by Gasteiger charge is 2.14. The van der Waals surface area contributed by atoms with Gasteiger partial charge in [0.05, 0.1) is 6.20 Å². The SMILES string of the molecule is CS(=O)(=O)c1ncc(OCC#N)c(Cl)n1. The summed E-state index contributed by atoms with van der Waals surface area (Å²) in [7, 11) is -3.49. The van der Waals surface area contributed by atoms with E-state index in [0.717, 1.165) is 12.5 Å². The third kappa shape index (κ3) is 3.04. The van der Waals surface area contributed by atoms with Gasteiger partial charge in [-0.3, -0.25) is 0 Å². The Kier molecular flexibility index (Phi) is 3.44. The molecule has 0 aliphatic rings. The Morgan fingerprint density at radius 2 is 2.33 bits per heavy atom. The Bertz CT molecular complexity index is 509. The van der Waals surface area contributed by atoms with Gasteiger partial charge in [-0.25, -0.2) is 18.4 Å². The van der Waals surface area contributed by atoms with Gasteiger partial charge < -0.3 is 4.74 Å². The first kappa shape index (κ1) is 11.7. The predicted octanol–water partition coefficient (Wildman–Crippen LogP) is 0.436. The van der Waals surface area contributed by atoms with Crippen molar-refractivity contribution < 1.29 is 13.2 Å². The summed E-state index contributed by atoms with van der Waals surface area (Å²) < 4.78 is 26.9. The molecule has 0 fully saturated rings. The first-order valence-electron chi connectivity index (χ1n) is 3.67. The number of ether oxygens (including phenoxy) is 1. The molecular weight excluding hydrogens is 242 g/mol. The van der Waals surface area contributed by atoms with Crippen LogP contribution in [0.4, 0.5) is 0 Å². The maximum absolute atomic E-state index is 11.0. The molecule has 0 saturated carbocycles. The van der Waals surface area contributed by atoms with Crippen LogP contribution in [0.1, 0.15) is 0 Å². The lowest BCUT2D eigenvalue weighted by atomic mass is 10.6. The van der Waals surface area contributed by atoms with Crippen LogP contribution in [-0.2, 0) is 9.84 Å². The molecule has 8 heteroatoms. The van der Waals surface area contributed by atoms with Crippen LogP contribution in [0.5, 0.6) is 5.75 Å². The number of rotatable bonds is 3. The van der Waals surface area contributed by atoms with Crippen molar-refractivity contribution in [3.8, 4) is 11.8 Å². The van der Waals surface area contributed by atoms with Gasteiger partial charge in [0.1, 0.15) is 6.07 Å². The quantitative estimate of drug-likeness (QED) is 0.568. The normalized spacial score (nSPS) is 10.7. The third-order valence-corrected chi connectivity index (χ3v) is 2.44. The molecule has 80 valence electrons. The number of nitrogens with zero attached hydrogens (tertiary/aromatic N) is 3. The van der Waals surface area contributed by atoms with Gasteiger partial charge in [-0.15, -0.1) is 0 Å². The highest BCUT2D eigenvalue weighted by Crippen LogP contribution is 2.21. The lowest BCUT2D eigenvalue weighted by Gasteiger charge is -2.03. The summed E-state index contributed by atoms with van der Waals surface area (Å²) in [4.78, 5) is 7.08. The van der Waals surface area contributed by atoms with E-state index in [-0.39, 0.29) is 22.7 Å². The number of nitriles is 1. The van der Waals surface area contributed by atoms with Crippen molar-refractivity contribution in [2.24, 2.45) is 0 Å². The van der Waals surface area contributed by atoms with E-state index in [9.17, 15) is 8.42 Å². The van der Waals surface area contributed by atoms with E-state index >= 15 is 0 Å². The van der Waals surface area contributed by atoms with Crippen molar-refractivity contribution in [1.82, 2.24) is 9.97 Å². The second kappa shape index (κ2) is 4.42. The van der Waals surface area contributed by atoms with Gasteiger partial charge in [0, 0.05) is 6.26 Å². The molecule has 1 heterocycles. The van der Waals surface area contributed by atoms with E-state index in [4.69, 9.17) is 21.6 Å². The fourth-order valence-electron chi connectivity index (χ4n) is 0.721. The molecule has 0 N–H and O–H groups in total. The summed E-state index contributed by atoms with van der Waals surface area (Å²) in [6, 6.07) is 1.73. The van der Waals surface area contributed by atoms with Crippen molar-refractivity contribution in [2.75, 3.05) is 12.9 Å². The number of hydrogen-bond acceptors (Lipinski definition) is 6.